The fourth-order valence-corrected chi connectivity index (χ4v) is 5.90. The number of benzene rings is 1. The van der Waals surface area contributed by atoms with E-state index in [9.17, 15) is 19.2 Å². The van der Waals surface area contributed by atoms with Gasteiger partial charge in [0.05, 0.1) is 17.9 Å². The van der Waals surface area contributed by atoms with Gasteiger partial charge in [-0.1, -0.05) is 12.1 Å². The first-order valence-electron chi connectivity index (χ1n) is 15.8. The van der Waals surface area contributed by atoms with Gasteiger partial charge >= 0.3 is 18.2 Å². The molecule has 3 aromatic rings. The summed E-state index contributed by atoms with van der Waals surface area (Å²) in [5.74, 6) is -0.899. The van der Waals surface area contributed by atoms with Gasteiger partial charge in [0.2, 0.25) is 0 Å². The summed E-state index contributed by atoms with van der Waals surface area (Å²) in [5.41, 5.74) is 1.28. The maximum Gasteiger partial charge on any atom is 0.425 e. The lowest BCUT2D eigenvalue weighted by Gasteiger charge is -2.28. The quantitative estimate of drug-likeness (QED) is 0.229. The molecule has 3 heterocycles. The van der Waals surface area contributed by atoms with Gasteiger partial charge in [-0.25, -0.2) is 19.6 Å². The number of likely N-dealkylation sites (tertiary alicyclic amines) is 1. The number of hydrogen-bond acceptors (Lipinski definition) is 9. The summed E-state index contributed by atoms with van der Waals surface area (Å²) < 4.78 is 18.5. The van der Waals surface area contributed by atoms with E-state index in [-0.39, 0.29) is 36.1 Å². The summed E-state index contributed by atoms with van der Waals surface area (Å²) in [6.45, 7) is 13.7. The molecular weight excluding hydrogens is 590 g/mol. The summed E-state index contributed by atoms with van der Waals surface area (Å²) >= 11 is 0. The molecule has 2 fully saturated rings. The monoisotopic (exact) mass is 633 g/mol. The number of aryl methyl sites for hydroxylation is 1. The molecule has 1 aliphatic carbocycles. The highest BCUT2D eigenvalue weighted by atomic mass is 16.6. The number of amides is 3. The Morgan fingerprint density at radius 1 is 0.913 bits per heavy atom. The molecule has 1 aliphatic heterocycles. The first-order valence-corrected chi connectivity index (χ1v) is 15.8. The number of nitrogens with zero attached hydrogens (tertiary/aromatic N) is 5. The molecule has 12 nitrogen and oxygen atoms in total. The second-order valence-corrected chi connectivity index (χ2v) is 13.8. The summed E-state index contributed by atoms with van der Waals surface area (Å²) in [7, 11) is 1.83. The van der Waals surface area contributed by atoms with Crippen molar-refractivity contribution in [2.24, 2.45) is 13.0 Å². The number of imide groups is 1. The van der Waals surface area contributed by atoms with E-state index in [1.165, 1.54) is 6.33 Å². The van der Waals surface area contributed by atoms with Crippen molar-refractivity contribution in [2.45, 2.75) is 84.8 Å². The Hall–Kier alpha value is -4.48. The van der Waals surface area contributed by atoms with Crippen LogP contribution in [-0.4, -0.2) is 74.4 Å². The van der Waals surface area contributed by atoms with E-state index in [1.807, 2.05) is 28.6 Å². The molecule has 5 rings (SSSR count). The Morgan fingerprint density at radius 3 is 2.04 bits per heavy atom. The maximum absolute atomic E-state index is 13.7. The third-order valence-corrected chi connectivity index (χ3v) is 7.90. The van der Waals surface area contributed by atoms with Gasteiger partial charge in [0.15, 0.2) is 5.82 Å². The molecular formula is C34H43N5O7. The average molecular weight is 634 g/mol. The van der Waals surface area contributed by atoms with Gasteiger partial charge in [-0.05, 0) is 85.4 Å². The predicted octanol–water partition coefficient (Wildman–Crippen LogP) is 6.21. The normalized spacial score (nSPS) is 18.0. The minimum atomic E-state index is -0.958. The lowest BCUT2D eigenvalue weighted by atomic mass is 9.98. The van der Waals surface area contributed by atoms with Crippen molar-refractivity contribution in [1.82, 2.24) is 19.4 Å². The zero-order valence-corrected chi connectivity index (χ0v) is 27.9. The van der Waals surface area contributed by atoms with E-state index < -0.39 is 23.4 Å². The number of aromatic nitrogens is 3. The second-order valence-electron chi connectivity index (χ2n) is 13.8. The third-order valence-electron chi connectivity index (χ3n) is 7.90. The van der Waals surface area contributed by atoms with Crippen LogP contribution in [0.2, 0.25) is 0 Å². The summed E-state index contributed by atoms with van der Waals surface area (Å²) in [4.78, 5) is 65.0. The SMILES string of the molecule is CCOC(=O)C1CC1c1c(-c2ccc(C(=O)N3CCCC3)cc2)c2c(N(C(=O)OC(C)(C)C)C(=O)OC(C)(C)C)ncnc2n1C. The molecule has 2 aliphatic rings. The van der Waals surface area contributed by atoms with Crippen LogP contribution in [-0.2, 0) is 26.1 Å². The first kappa shape index (κ1) is 32.9. The molecule has 1 saturated heterocycles. The van der Waals surface area contributed by atoms with Crippen molar-refractivity contribution >= 4 is 40.9 Å². The highest BCUT2D eigenvalue weighted by Gasteiger charge is 2.49. The van der Waals surface area contributed by atoms with E-state index in [1.54, 1.807) is 60.6 Å². The van der Waals surface area contributed by atoms with Gasteiger partial charge in [0.25, 0.3) is 5.91 Å². The molecule has 246 valence electrons. The summed E-state index contributed by atoms with van der Waals surface area (Å²) in [5, 5.41) is 0.407. The van der Waals surface area contributed by atoms with E-state index in [4.69, 9.17) is 14.2 Å². The number of anilines is 1. The number of rotatable bonds is 6. The van der Waals surface area contributed by atoms with Crippen LogP contribution in [0.5, 0.6) is 0 Å². The van der Waals surface area contributed by atoms with Crippen molar-refractivity contribution in [3.63, 3.8) is 0 Å². The van der Waals surface area contributed by atoms with Crippen LogP contribution in [0.4, 0.5) is 15.4 Å². The third kappa shape index (κ3) is 6.70. The molecule has 1 aromatic carbocycles. The molecule has 2 atom stereocenters. The Kier molecular flexibility index (Phi) is 8.85. The molecule has 0 radical (unpaired) electrons. The van der Waals surface area contributed by atoms with Gasteiger partial charge < -0.3 is 23.7 Å². The number of fused-ring (bicyclic) bond motifs is 1. The largest absolute Gasteiger partial charge is 0.466 e. The van der Waals surface area contributed by atoms with Gasteiger partial charge in [-0.15, -0.1) is 0 Å². The van der Waals surface area contributed by atoms with Crippen molar-refractivity contribution in [3.05, 3.63) is 41.9 Å². The molecule has 0 N–H and O–H groups in total. The van der Waals surface area contributed by atoms with Crippen LogP contribution < -0.4 is 4.90 Å². The molecule has 1 saturated carbocycles. The number of carbonyl (C=O) groups excluding carboxylic acids is 4. The first-order chi connectivity index (χ1) is 21.6. The summed E-state index contributed by atoms with van der Waals surface area (Å²) in [6, 6.07) is 7.23. The van der Waals surface area contributed by atoms with E-state index in [2.05, 4.69) is 9.97 Å². The standard InChI is InChI=1S/C34H43N5O7/c1-9-44-30(41)23-18-22(23)26-24(20-12-14-21(15-13-20)29(40)38-16-10-11-17-38)25-27(37(26)8)35-19-36-28(25)39(31(42)45-33(2,3)4)32(43)46-34(5,6)7/h12-15,19,22-23H,9-11,16-18H2,1-8H3. The Labute approximate surface area is 269 Å². The van der Waals surface area contributed by atoms with Crippen molar-refractivity contribution in [3.8, 4) is 11.1 Å². The van der Waals surface area contributed by atoms with Gasteiger partial charge in [-0.3, -0.25) is 9.59 Å². The van der Waals surface area contributed by atoms with Crippen LogP contribution in [0.15, 0.2) is 30.6 Å². The smallest absolute Gasteiger partial charge is 0.425 e. The van der Waals surface area contributed by atoms with Crippen molar-refractivity contribution < 1.29 is 33.4 Å². The Balaban J connectivity index is 1.71. The van der Waals surface area contributed by atoms with Gasteiger partial charge in [0.1, 0.15) is 23.2 Å². The minimum Gasteiger partial charge on any atom is -0.466 e. The maximum atomic E-state index is 13.7. The second kappa shape index (κ2) is 12.4. The van der Waals surface area contributed by atoms with E-state index in [0.717, 1.165) is 36.5 Å². The number of carbonyl (C=O) groups is 4. The van der Waals surface area contributed by atoms with Crippen LogP contribution in [0.1, 0.15) is 89.7 Å². The van der Waals surface area contributed by atoms with Crippen LogP contribution in [0, 0.1) is 5.92 Å². The predicted molar refractivity (Wildman–Crippen MR) is 172 cm³/mol. The average Bonchev–Trinajstić information content (AvgIpc) is 3.42. The molecule has 0 spiro atoms. The lowest BCUT2D eigenvalue weighted by molar-refractivity contribution is -0.144. The number of ether oxygens (including phenoxy) is 3. The van der Waals surface area contributed by atoms with Crippen molar-refractivity contribution in [2.75, 3.05) is 24.6 Å². The summed E-state index contributed by atoms with van der Waals surface area (Å²) in [6.07, 6.45) is 1.90. The molecule has 12 heteroatoms. The number of hydrogen-bond donors (Lipinski definition) is 0. The zero-order chi connectivity index (χ0) is 33.6. The number of esters is 1. The fraction of sp³-hybridized carbons (Fsp3) is 0.529. The van der Waals surface area contributed by atoms with Crippen LogP contribution in [0.3, 0.4) is 0 Å². The Bertz CT molecular complexity index is 1630. The van der Waals surface area contributed by atoms with Crippen molar-refractivity contribution in [1.29, 1.82) is 0 Å². The topological polar surface area (TPSA) is 133 Å². The van der Waals surface area contributed by atoms with Gasteiger partial charge in [0, 0.05) is 42.9 Å². The zero-order valence-electron chi connectivity index (χ0n) is 27.9. The Morgan fingerprint density at radius 2 is 1.50 bits per heavy atom. The fourth-order valence-electron chi connectivity index (χ4n) is 5.90. The minimum absolute atomic E-state index is 0.0177. The van der Waals surface area contributed by atoms with E-state index >= 15 is 0 Å². The highest BCUT2D eigenvalue weighted by molar-refractivity contribution is 6.16. The molecule has 2 aromatic heterocycles. The molecule has 0 bridgehead atoms. The highest BCUT2D eigenvalue weighted by Crippen LogP contribution is 2.54. The van der Waals surface area contributed by atoms with Crippen LogP contribution in [0.25, 0.3) is 22.2 Å². The molecule has 2 unspecified atom stereocenters. The lowest BCUT2D eigenvalue weighted by Crippen LogP contribution is -2.44. The van der Waals surface area contributed by atoms with E-state index in [0.29, 0.717) is 34.1 Å². The molecule has 46 heavy (non-hydrogen) atoms. The van der Waals surface area contributed by atoms with Crippen LogP contribution >= 0.6 is 0 Å². The molecule has 3 amide bonds. The van der Waals surface area contributed by atoms with Gasteiger partial charge in [-0.2, -0.15) is 4.90 Å².